The van der Waals surface area contributed by atoms with Crippen LogP contribution in [0.5, 0.6) is 0 Å². The van der Waals surface area contributed by atoms with Crippen LogP contribution in [0.3, 0.4) is 0 Å². The van der Waals surface area contributed by atoms with Crippen LogP contribution in [0.15, 0.2) is 113 Å². The van der Waals surface area contributed by atoms with E-state index in [-0.39, 0.29) is 23.3 Å². The second-order valence-electron chi connectivity index (χ2n) is 11.3. The van der Waals surface area contributed by atoms with Crippen molar-refractivity contribution < 1.29 is 13.2 Å². The molecule has 1 saturated heterocycles. The summed E-state index contributed by atoms with van der Waals surface area (Å²) in [7, 11) is -3.69. The number of hydrogen-bond donors (Lipinski definition) is 2. The number of fused-ring (bicyclic) bond motifs is 1. The van der Waals surface area contributed by atoms with E-state index in [9.17, 15) is 13.2 Å². The Hall–Kier alpha value is -4.63. The van der Waals surface area contributed by atoms with Gasteiger partial charge in [-0.25, -0.2) is 13.4 Å². The molecule has 2 heterocycles. The summed E-state index contributed by atoms with van der Waals surface area (Å²) in [5.41, 5.74) is 5.14. The lowest BCUT2D eigenvalue weighted by Crippen LogP contribution is -2.50. The number of benzene rings is 4. The Morgan fingerprint density at radius 2 is 1.59 bits per heavy atom. The first kappa shape index (κ1) is 29.4. The van der Waals surface area contributed by atoms with Crippen molar-refractivity contribution in [3.8, 4) is 0 Å². The summed E-state index contributed by atoms with van der Waals surface area (Å²) in [6.45, 7) is 4.08. The number of piperidine rings is 1. The van der Waals surface area contributed by atoms with Crippen LogP contribution in [-0.4, -0.2) is 38.3 Å². The lowest BCUT2D eigenvalue weighted by molar-refractivity contribution is -0.121. The van der Waals surface area contributed by atoms with Crippen molar-refractivity contribution in [3.63, 3.8) is 0 Å². The van der Waals surface area contributed by atoms with Gasteiger partial charge in [0.1, 0.15) is 0 Å². The molecule has 4 aromatic carbocycles. The maximum atomic E-state index is 13.5. The summed E-state index contributed by atoms with van der Waals surface area (Å²) in [6.07, 6.45) is 3.73. The van der Waals surface area contributed by atoms with E-state index in [4.69, 9.17) is 4.99 Å². The average Bonchev–Trinajstić information content (AvgIpc) is 3.05. The third-order valence-electron chi connectivity index (χ3n) is 8.09. The minimum atomic E-state index is -3.69. The molecule has 2 aliphatic heterocycles. The number of guanidine groups is 1. The highest BCUT2D eigenvalue weighted by Crippen LogP contribution is 2.40. The van der Waals surface area contributed by atoms with Crippen LogP contribution in [0, 0.1) is 6.92 Å². The molecule has 44 heavy (non-hydrogen) atoms. The van der Waals surface area contributed by atoms with Gasteiger partial charge in [0.05, 0.1) is 23.0 Å². The number of likely N-dealkylation sites (tertiary alicyclic amines) is 1. The van der Waals surface area contributed by atoms with Crippen LogP contribution in [0.2, 0.25) is 0 Å². The van der Waals surface area contributed by atoms with Crippen molar-refractivity contribution in [2.75, 3.05) is 22.7 Å². The number of amides is 1. The smallest absolute Gasteiger partial charge is 0.261 e. The van der Waals surface area contributed by atoms with Gasteiger partial charge in [-0.3, -0.25) is 9.52 Å². The first-order valence-electron chi connectivity index (χ1n) is 15.1. The number of aliphatic imine (C=N–C) groups is 1. The fourth-order valence-electron chi connectivity index (χ4n) is 5.85. The van der Waals surface area contributed by atoms with Gasteiger partial charge >= 0.3 is 0 Å². The summed E-state index contributed by atoms with van der Waals surface area (Å²) in [5.74, 6) is 0.825. The van der Waals surface area contributed by atoms with Crippen molar-refractivity contribution in [1.82, 2.24) is 10.2 Å². The number of hydrogen-bond acceptors (Lipinski definition) is 6. The molecule has 2 aliphatic rings. The minimum absolute atomic E-state index is 0.0742. The van der Waals surface area contributed by atoms with E-state index in [1.165, 1.54) is 6.42 Å². The maximum absolute atomic E-state index is 13.5. The zero-order chi connectivity index (χ0) is 30.5. The number of nitrogens with one attached hydrogen (secondary N) is 2. The SMILES string of the molecule is Cc1cccc(S(=O)(=O)Nc2ccc(CNC(=O)CC3c4ccccc4N=C(N4CCCCC4)N3c3ccccc3)cc2)c1. The molecule has 1 amide bonds. The monoisotopic (exact) mass is 607 g/mol. The Bertz CT molecular complexity index is 1750. The normalized spacial score (nSPS) is 16.6. The Balaban J connectivity index is 1.17. The predicted molar refractivity (Wildman–Crippen MR) is 176 cm³/mol. The number of aryl methyl sites for hydroxylation is 1. The molecule has 0 radical (unpaired) electrons. The summed E-state index contributed by atoms with van der Waals surface area (Å²) >= 11 is 0. The number of carbonyl (C=O) groups excluding carboxylic acids is 1. The average molecular weight is 608 g/mol. The summed E-state index contributed by atoms with van der Waals surface area (Å²) in [4.78, 5) is 23.4. The van der Waals surface area contributed by atoms with Gasteiger partial charge in [-0.15, -0.1) is 0 Å². The third kappa shape index (κ3) is 6.63. The van der Waals surface area contributed by atoms with E-state index >= 15 is 0 Å². The second kappa shape index (κ2) is 12.9. The van der Waals surface area contributed by atoms with E-state index in [1.807, 2.05) is 61.5 Å². The van der Waals surface area contributed by atoms with Crippen LogP contribution in [-0.2, 0) is 21.4 Å². The van der Waals surface area contributed by atoms with Gasteiger partial charge in [0.15, 0.2) is 0 Å². The zero-order valence-electron chi connectivity index (χ0n) is 24.8. The molecule has 4 aromatic rings. The van der Waals surface area contributed by atoms with Gasteiger partial charge in [0.25, 0.3) is 10.0 Å². The molecule has 0 spiro atoms. The molecular formula is C35H37N5O3S. The lowest BCUT2D eigenvalue weighted by atomic mass is 9.97. The van der Waals surface area contributed by atoms with E-state index in [1.54, 1.807) is 30.3 Å². The van der Waals surface area contributed by atoms with E-state index in [0.29, 0.717) is 12.2 Å². The fraction of sp³-hybridized carbons (Fsp3) is 0.257. The Morgan fingerprint density at radius 3 is 2.34 bits per heavy atom. The molecule has 0 aliphatic carbocycles. The van der Waals surface area contributed by atoms with Crippen LogP contribution in [0.1, 0.15) is 48.4 Å². The quantitative estimate of drug-likeness (QED) is 0.237. The van der Waals surface area contributed by atoms with E-state index < -0.39 is 10.0 Å². The summed E-state index contributed by atoms with van der Waals surface area (Å²) < 4.78 is 28.2. The molecule has 0 bridgehead atoms. The van der Waals surface area contributed by atoms with E-state index in [0.717, 1.165) is 60.0 Å². The fourth-order valence-corrected chi connectivity index (χ4v) is 7.01. The van der Waals surface area contributed by atoms with Crippen molar-refractivity contribution in [2.45, 2.75) is 50.1 Å². The summed E-state index contributed by atoms with van der Waals surface area (Å²) in [5, 5.41) is 3.09. The molecular weight excluding hydrogens is 570 g/mol. The summed E-state index contributed by atoms with van der Waals surface area (Å²) in [6, 6.07) is 31.9. The Labute approximate surface area is 259 Å². The highest BCUT2D eigenvalue weighted by atomic mass is 32.2. The molecule has 1 atom stereocenters. The van der Waals surface area contributed by atoms with Crippen molar-refractivity contribution >= 4 is 39.0 Å². The molecule has 0 aromatic heterocycles. The van der Waals surface area contributed by atoms with Crippen molar-refractivity contribution in [2.24, 2.45) is 4.99 Å². The van der Waals surface area contributed by atoms with Crippen molar-refractivity contribution in [1.29, 1.82) is 0 Å². The third-order valence-corrected chi connectivity index (χ3v) is 9.47. The first-order chi connectivity index (χ1) is 21.4. The largest absolute Gasteiger partial charge is 0.352 e. The zero-order valence-corrected chi connectivity index (χ0v) is 25.6. The Kier molecular flexibility index (Phi) is 8.65. The maximum Gasteiger partial charge on any atom is 0.261 e. The van der Waals surface area contributed by atoms with E-state index in [2.05, 4.69) is 38.0 Å². The number of rotatable bonds is 8. The molecule has 226 valence electrons. The molecule has 6 rings (SSSR count). The first-order valence-corrected chi connectivity index (χ1v) is 16.6. The molecule has 1 unspecified atom stereocenters. The molecule has 9 heteroatoms. The highest BCUT2D eigenvalue weighted by molar-refractivity contribution is 7.92. The number of para-hydroxylation sites is 2. The molecule has 8 nitrogen and oxygen atoms in total. The van der Waals surface area contributed by atoms with Gasteiger partial charge in [-0.2, -0.15) is 0 Å². The molecule has 0 saturated carbocycles. The van der Waals surface area contributed by atoms with Gasteiger partial charge < -0.3 is 15.1 Å². The number of anilines is 2. The Morgan fingerprint density at radius 1 is 0.864 bits per heavy atom. The van der Waals surface area contributed by atoms with Crippen LogP contribution in [0.4, 0.5) is 17.1 Å². The predicted octanol–water partition coefficient (Wildman–Crippen LogP) is 6.54. The van der Waals surface area contributed by atoms with Crippen LogP contribution >= 0.6 is 0 Å². The number of carbonyl (C=O) groups is 1. The minimum Gasteiger partial charge on any atom is -0.352 e. The van der Waals surface area contributed by atoms with Gasteiger partial charge in [-0.1, -0.05) is 60.7 Å². The van der Waals surface area contributed by atoms with Gasteiger partial charge in [0.2, 0.25) is 11.9 Å². The lowest BCUT2D eigenvalue weighted by Gasteiger charge is -2.43. The second-order valence-corrected chi connectivity index (χ2v) is 13.0. The number of nitrogens with zero attached hydrogens (tertiary/aromatic N) is 3. The van der Waals surface area contributed by atoms with Crippen LogP contribution < -0.4 is 14.9 Å². The molecule has 1 fully saturated rings. The highest BCUT2D eigenvalue weighted by Gasteiger charge is 2.35. The molecule has 2 N–H and O–H groups in total. The standard InChI is InChI=1S/C35H37N5O3S/c1-26-11-10-14-30(23-26)44(42,43)38-28-19-17-27(18-20-28)25-36-34(41)24-33-31-15-6-7-16-32(31)37-35(39-21-8-3-9-22-39)40(33)29-12-4-2-5-13-29/h2,4-7,10-20,23,33,38H,3,8-9,21-22,24-25H2,1H3,(H,36,41). The van der Waals surface area contributed by atoms with Crippen molar-refractivity contribution in [3.05, 3.63) is 120 Å². The topological polar surface area (TPSA) is 94.1 Å². The van der Waals surface area contributed by atoms with Gasteiger partial charge in [0, 0.05) is 36.6 Å². The van der Waals surface area contributed by atoms with Crippen LogP contribution in [0.25, 0.3) is 0 Å². The number of sulfonamides is 1. The van der Waals surface area contributed by atoms with Gasteiger partial charge in [-0.05, 0) is 79.8 Å².